The van der Waals surface area contributed by atoms with Gasteiger partial charge in [-0.25, -0.2) is 4.98 Å². The zero-order valence-corrected chi connectivity index (χ0v) is 14.2. The third-order valence-corrected chi connectivity index (χ3v) is 4.20. The second-order valence-electron chi connectivity index (χ2n) is 6.22. The summed E-state index contributed by atoms with van der Waals surface area (Å²) < 4.78 is 45.3. The summed E-state index contributed by atoms with van der Waals surface area (Å²) in [5, 5.41) is 13.5. The van der Waals surface area contributed by atoms with Crippen molar-refractivity contribution in [1.82, 2.24) is 9.97 Å². The number of rotatable bonds is 5. The fourth-order valence-electron chi connectivity index (χ4n) is 2.88. The number of nitrogens with zero attached hydrogens (tertiary/aromatic N) is 3. The fourth-order valence-corrected chi connectivity index (χ4v) is 2.88. The van der Waals surface area contributed by atoms with Gasteiger partial charge in [0, 0.05) is 24.0 Å². The van der Waals surface area contributed by atoms with Crippen LogP contribution in [-0.2, 0) is 6.18 Å². The van der Waals surface area contributed by atoms with Gasteiger partial charge in [0.05, 0.1) is 4.92 Å². The summed E-state index contributed by atoms with van der Waals surface area (Å²) in [6.07, 6.45) is -0.121. The highest BCUT2D eigenvalue weighted by molar-refractivity contribution is 5.58. The molecule has 1 aliphatic carbocycles. The number of hydrogen-bond acceptors (Lipinski definition) is 6. The molecule has 0 unspecified atom stereocenters. The lowest BCUT2D eigenvalue weighted by atomic mass is 9.98. The average Bonchev–Trinajstić information content (AvgIpc) is 2.62. The number of alkyl halides is 3. The first-order valence-electron chi connectivity index (χ1n) is 8.45. The van der Waals surface area contributed by atoms with Gasteiger partial charge in [0.2, 0.25) is 11.8 Å². The first-order valence-corrected chi connectivity index (χ1v) is 8.45. The Hall–Kier alpha value is -2.91. The summed E-state index contributed by atoms with van der Waals surface area (Å²) in [5.41, 5.74) is -0.921. The molecule has 1 aromatic carbocycles. The lowest BCUT2D eigenvalue weighted by molar-refractivity contribution is -0.384. The van der Waals surface area contributed by atoms with E-state index in [1.165, 1.54) is 24.3 Å². The average molecular weight is 382 g/mol. The first kappa shape index (κ1) is 18.9. The van der Waals surface area contributed by atoms with Gasteiger partial charge in [-0.1, -0.05) is 12.5 Å². The van der Waals surface area contributed by atoms with Crippen LogP contribution in [0.2, 0.25) is 0 Å². The number of halogens is 3. The number of ether oxygens (including phenoxy) is 1. The molecule has 7 nitrogen and oxygen atoms in total. The maximum Gasteiger partial charge on any atom is 0.423 e. The number of benzene rings is 1. The minimum Gasteiger partial charge on any atom is -0.474 e. The number of aromatic nitrogens is 2. The Balaban J connectivity index is 1.86. The summed E-state index contributed by atoms with van der Waals surface area (Å²) in [6, 6.07) is 5.51. The molecule has 27 heavy (non-hydrogen) atoms. The van der Waals surface area contributed by atoms with E-state index < -0.39 is 22.5 Å². The molecule has 0 spiro atoms. The molecule has 2 aromatic rings. The molecule has 3 rings (SSSR count). The largest absolute Gasteiger partial charge is 0.474 e. The molecule has 144 valence electrons. The van der Waals surface area contributed by atoms with E-state index in [-0.39, 0.29) is 23.4 Å². The van der Waals surface area contributed by atoms with E-state index >= 15 is 0 Å². The Kier molecular flexibility index (Phi) is 5.43. The molecule has 0 amide bonds. The van der Waals surface area contributed by atoms with E-state index in [2.05, 4.69) is 15.3 Å². The molecule has 1 N–H and O–H groups in total. The van der Waals surface area contributed by atoms with Crippen molar-refractivity contribution in [2.24, 2.45) is 0 Å². The monoisotopic (exact) mass is 382 g/mol. The number of hydrogen-bond donors (Lipinski definition) is 1. The van der Waals surface area contributed by atoms with Crippen molar-refractivity contribution in [3.63, 3.8) is 0 Å². The van der Waals surface area contributed by atoms with E-state index in [0.29, 0.717) is 19.0 Å². The van der Waals surface area contributed by atoms with E-state index in [1.807, 2.05) is 0 Å². The van der Waals surface area contributed by atoms with Crippen LogP contribution in [0.25, 0.3) is 0 Å². The van der Waals surface area contributed by atoms with E-state index in [9.17, 15) is 23.3 Å². The Morgan fingerprint density at radius 3 is 2.63 bits per heavy atom. The van der Waals surface area contributed by atoms with Gasteiger partial charge in [0.25, 0.3) is 5.69 Å². The van der Waals surface area contributed by atoms with Crippen molar-refractivity contribution in [1.29, 1.82) is 0 Å². The molecular formula is C17H17F3N4O3. The number of nitro groups is 1. The van der Waals surface area contributed by atoms with Gasteiger partial charge in [0.15, 0.2) is 0 Å². The molecule has 0 saturated heterocycles. The number of anilines is 2. The normalized spacial score (nSPS) is 15.4. The Bertz CT molecular complexity index is 823. The maximum absolute atomic E-state index is 13.2. The van der Waals surface area contributed by atoms with Crippen LogP contribution in [-0.4, -0.2) is 21.0 Å². The third kappa shape index (κ3) is 4.83. The molecule has 0 aliphatic heterocycles. The van der Waals surface area contributed by atoms with Crippen molar-refractivity contribution in [3.8, 4) is 5.88 Å². The van der Waals surface area contributed by atoms with Gasteiger partial charge in [-0.05, 0) is 31.7 Å². The number of non-ortho nitro benzene ring substituents is 1. The predicted molar refractivity (Wildman–Crippen MR) is 90.9 cm³/mol. The highest BCUT2D eigenvalue weighted by atomic mass is 19.4. The molecule has 0 atom stereocenters. The molecule has 10 heteroatoms. The highest BCUT2D eigenvalue weighted by Gasteiger charge is 2.37. The predicted octanol–water partition coefficient (Wildman–Crippen LogP) is 4.86. The SMILES string of the molecule is O=[N+]([O-])c1cccc(Nc2ncc(C(F)(F)F)c(OC3CCCCC3)n2)c1. The van der Waals surface area contributed by atoms with Crippen molar-refractivity contribution in [2.45, 2.75) is 44.4 Å². The summed E-state index contributed by atoms with van der Waals surface area (Å²) in [4.78, 5) is 17.8. The van der Waals surface area contributed by atoms with Crippen molar-refractivity contribution < 1.29 is 22.8 Å². The van der Waals surface area contributed by atoms with Crippen LogP contribution in [0.4, 0.5) is 30.5 Å². The van der Waals surface area contributed by atoms with Crippen LogP contribution in [0.15, 0.2) is 30.5 Å². The first-order chi connectivity index (χ1) is 12.8. The van der Waals surface area contributed by atoms with Crippen LogP contribution in [0, 0.1) is 10.1 Å². The molecule has 1 saturated carbocycles. The zero-order chi connectivity index (χ0) is 19.4. The van der Waals surface area contributed by atoms with E-state index in [4.69, 9.17) is 4.74 Å². The Morgan fingerprint density at radius 1 is 1.22 bits per heavy atom. The maximum atomic E-state index is 13.2. The van der Waals surface area contributed by atoms with Crippen LogP contribution >= 0.6 is 0 Å². The van der Waals surface area contributed by atoms with Gasteiger partial charge < -0.3 is 10.1 Å². The quantitative estimate of drug-likeness (QED) is 0.587. The fraction of sp³-hybridized carbons (Fsp3) is 0.412. The topological polar surface area (TPSA) is 90.2 Å². The van der Waals surface area contributed by atoms with E-state index in [0.717, 1.165) is 19.3 Å². The van der Waals surface area contributed by atoms with Gasteiger partial charge >= 0.3 is 6.18 Å². The lowest BCUT2D eigenvalue weighted by Crippen LogP contribution is -2.22. The Labute approximate surface area is 152 Å². The third-order valence-electron chi connectivity index (χ3n) is 4.20. The molecule has 1 aliphatic rings. The number of nitrogens with one attached hydrogen (secondary N) is 1. The van der Waals surface area contributed by atoms with E-state index in [1.54, 1.807) is 0 Å². The van der Waals surface area contributed by atoms with Crippen molar-refractivity contribution in [3.05, 3.63) is 46.1 Å². The van der Waals surface area contributed by atoms with Gasteiger partial charge in [-0.15, -0.1) is 0 Å². The summed E-state index contributed by atoms with van der Waals surface area (Å²) in [6.45, 7) is 0. The van der Waals surface area contributed by atoms with Crippen LogP contribution in [0.5, 0.6) is 5.88 Å². The van der Waals surface area contributed by atoms with Crippen LogP contribution in [0.1, 0.15) is 37.7 Å². The minimum absolute atomic E-state index is 0.130. The van der Waals surface area contributed by atoms with Gasteiger partial charge in [0.1, 0.15) is 11.7 Å². The second-order valence-corrected chi connectivity index (χ2v) is 6.22. The summed E-state index contributed by atoms with van der Waals surface area (Å²) >= 11 is 0. The van der Waals surface area contributed by atoms with Crippen molar-refractivity contribution >= 4 is 17.3 Å². The molecular weight excluding hydrogens is 365 g/mol. The Morgan fingerprint density at radius 2 is 1.96 bits per heavy atom. The van der Waals surface area contributed by atoms with Gasteiger partial charge in [-0.3, -0.25) is 10.1 Å². The molecule has 0 bridgehead atoms. The molecule has 1 heterocycles. The van der Waals surface area contributed by atoms with Gasteiger partial charge in [-0.2, -0.15) is 18.2 Å². The zero-order valence-electron chi connectivity index (χ0n) is 14.2. The second kappa shape index (κ2) is 7.77. The highest BCUT2D eigenvalue weighted by Crippen LogP contribution is 2.37. The molecule has 1 aromatic heterocycles. The summed E-state index contributed by atoms with van der Waals surface area (Å²) in [5.74, 6) is -0.661. The van der Waals surface area contributed by atoms with Crippen LogP contribution in [0.3, 0.4) is 0 Å². The standard InChI is InChI=1S/C17H17F3N4O3/c18-17(19,20)14-10-21-16(22-11-5-4-6-12(9-11)24(25)26)23-15(14)27-13-7-2-1-3-8-13/h4-6,9-10,13H,1-3,7-8H2,(H,21,22,23). The minimum atomic E-state index is -4.64. The van der Waals surface area contributed by atoms with Crippen LogP contribution < -0.4 is 10.1 Å². The molecule has 1 fully saturated rings. The number of nitro benzene ring substituents is 1. The lowest BCUT2D eigenvalue weighted by Gasteiger charge is -2.24. The summed E-state index contributed by atoms with van der Waals surface area (Å²) in [7, 11) is 0. The molecule has 0 radical (unpaired) electrons. The van der Waals surface area contributed by atoms with Crippen molar-refractivity contribution in [2.75, 3.05) is 5.32 Å². The smallest absolute Gasteiger partial charge is 0.423 e.